The lowest BCUT2D eigenvalue weighted by Crippen LogP contribution is -2.47. The van der Waals surface area contributed by atoms with Crippen molar-refractivity contribution in [1.82, 2.24) is 20.7 Å². The van der Waals surface area contributed by atoms with Crippen LogP contribution in [-0.2, 0) is 26.1 Å². The number of benzene rings is 2. The Morgan fingerprint density at radius 3 is 1.77 bits per heavy atom. The fourth-order valence-electron chi connectivity index (χ4n) is 4.54. The van der Waals surface area contributed by atoms with Gasteiger partial charge in [0.25, 0.3) is 0 Å². The summed E-state index contributed by atoms with van der Waals surface area (Å²) in [5.74, 6) is 0.848. The van der Waals surface area contributed by atoms with E-state index in [4.69, 9.17) is 14.2 Å². The summed E-state index contributed by atoms with van der Waals surface area (Å²) in [4.78, 5) is 26.0. The van der Waals surface area contributed by atoms with Crippen LogP contribution in [0.2, 0.25) is 0 Å². The number of fused-ring (bicyclic) bond motifs is 2. The van der Waals surface area contributed by atoms with Crippen LogP contribution in [0, 0.1) is 0 Å². The molecule has 4 aliphatic heterocycles. The minimum absolute atomic E-state index is 0.0877. The highest BCUT2D eigenvalue weighted by Gasteiger charge is 2.28. The molecule has 0 aromatic heterocycles. The van der Waals surface area contributed by atoms with E-state index in [1.165, 1.54) is 28.0 Å². The van der Waals surface area contributed by atoms with Gasteiger partial charge in [-0.25, -0.2) is 37.3 Å². The molecule has 0 fully saturated rings. The Morgan fingerprint density at radius 1 is 0.698 bits per heavy atom. The third-order valence-electron chi connectivity index (χ3n) is 6.64. The van der Waals surface area contributed by atoms with E-state index in [9.17, 15) is 26.4 Å². The van der Waals surface area contributed by atoms with Crippen molar-refractivity contribution in [3.8, 4) is 17.2 Å². The summed E-state index contributed by atoms with van der Waals surface area (Å²) in [7, 11) is -7.26. The Hall–Kier alpha value is -4.38. The number of hydrogen-bond donors (Lipinski definition) is 2. The van der Waals surface area contributed by atoms with Crippen LogP contribution in [0.25, 0.3) is 0 Å². The highest BCUT2D eigenvalue weighted by atomic mass is 32.2. The van der Waals surface area contributed by atoms with E-state index >= 15 is 0 Å². The van der Waals surface area contributed by atoms with Gasteiger partial charge in [-0.3, -0.25) is 0 Å². The minimum atomic E-state index is -3.68. The van der Waals surface area contributed by atoms with Crippen molar-refractivity contribution in [2.45, 2.75) is 30.1 Å². The van der Waals surface area contributed by atoms with Crippen LogP contribution in [0.15, 0.2) is 56.4 Å². The molecule has 4 aliphatic rings. The number of nitrogens with one attached hydrogen (secondary N) is 2. The number of sulfone groups is 2. The molecule has 0 unspecified atom stereocenters. The second-order valence-corrected chi connectivity index (χ2v) is 14.0. The van der Waals surface area contributed by atoms with Crippen LogP contribution in [-0.4, -0.2) is 94.8 Å². The Labute approximate surface area is 248 Å². The van der Waals surface area contributed by atoms with Crippen molar-refractivity contribution >= 4 is 43.2 Å². The molecule has 0 saturated carbocycles. The van der Waals surface area contributed by atoms with Crippen molar-refractivity contribution < 1.29 is 40.6 Å². The number of hydrogen-bond acceptors (Lipinski definition) is 11. The van der Waals surface area contributed by atoms with Gasteiger partial charge in [-0.15, -0.1) is 0 Å². The van der Waals surface area contributed by atoms with Crippen LogP contribution < -0.4 is 25.1 Å². The smallest absolute Gasteiger partial charge is 0.339 e. The lowest BCUT2D eigenvalue weighted by atomic mass is 10.2. The third kappa shape index (κ3) is 6.99. The first kappa shape index (κ1) is 30.1. The van der Waals surface area contributed by atoms with E-state index in [1.807, 2.05) is 0 Å². The van der Waals surface area contributed by atoms with Crippen LogP contribution in [0.5, 0.6) is 17.2 Å². The van der Waals surface area contributed by atoms with Crippen LogP contribution >= 0.6 is 0 Å². The van der Waals surface area contributed by atoms with Crippen LogP contribution in [0.4, 0.5) is 9.59 Å². The molecule has 6 rings (SSSR count). The number of nitrogens with zero attached hydrogens (tertiary/aromatic N) is 4. The molecule has 17 heteroatoms. The van der Waals surface area contributed by atoms with E-state index in [0.29, 0.717) is 49.2 Å². The second-order valence-electron chi connectivity index (χ2n) is 10.1. The van der Waals surface area contributed by atoms with Gasteiger partial charge < -0.3 is 24.0 Å². The maximum Gasteiger partial charge on any atom is 0.339 e. The molecule has 0 atom stereocenters. The predicted octanol–water partition coefficient (Wildman–Crippen LogP) is 1.34. The average molecular weight is 635 g/mol. The molecule has 0 radical (unpaired) electrons. The van der Waals surface area contributed by atoms with Crippen molar-refractivity contribution in [3.05, 3.63) is 42.0 Å². The fraction of sp³-hybridized carbons (Fsp3) is 0.385. The number of urea groups is 2. The largest absolute Gasteiger partial charge is 0.493 e. The summed E-state index contributed by atoms with van der Waals surface area (Å²) in [5.41, 5.74) is 6.74. The first-order chi connectivity index (χ1) is 20.4. The molecule has 2 aromatic carbocycles. The Kier molecular flexibility index (Phi) is 8.45. The molecule has 2 N–H and O–H groups in total. The van der Waals surface area contributed by atoms with E-state index < -0.39 is 37.6 Å². The van der Waals surface area contributed by atoms with E-state index in [0.717, 1.165) is 11.3 Å². The molecule has 2 aromatic rings. The molecule has 0 aliphatic carbocycles. The number of carbonyl (C=O) groups is 2. The van der Waals surface area contributed by atoms with Gasteiger partial charge in [-0.1, -0.05) is 0 Å². The summed E-state index contributed by atoms with van der Waals surface area (Å²) in [6.45, 7) is 5.21. The van der Waals surface area contributed by atoms with Gasteiger partial charge in [0.2, 0.25) is 0 Å². The zero-order chi connectivity index (χ0) is 30.8. The van der Waals surface area contributed by atoms with Crippen molar-refractivity contribution in [1.29, 1.82) is 0 Å². The normalized spacial score (nSPS) is 17.8. The van der Waals surface area contributed by atoms with Gasteiger partial charge in [0.15, 0.2) is 31.2 Å². The molecule has 0 saturated heterocycles. The van der Waals surface area contributed by atoms with Gasteiger partial charge in [-0.2, -0.15) is 10.2 Å². The minimum Gasteiger partial charge on any atom is -0.493 e. The molecule has 230 valence electrons. The fourth-order valence-corrected chi connectivity index (χ4v) is 7.23. The monoisotopic (exact) mass is 634 g/mol. The lowest BCUT2D eigenvalue weighted by molar-refractivity contribution is 0.171. The summed E-state index contributed by atoms with van der Waals surface area (Å²) in [5, 5.41) is 7.54. The SMILES string of the molecule is CC1=NNC(=O)N(CS(=O)(=O)c2ccc3c(c2)CCO3)C1.CC1=NNC(=O)N(CS(=O)(=O)c2ccc3c(c2)OCCO3)C1. The zero-order valence-corrected chi connectivity index (χ0v) is 25.0. The van der Waals surface area contributed by atoms with Crippen molar-refractivity contribution in [2.75, 3.05) is 44.7 Å². The van der Waals surface area contributed by atoms with Crippen molar-refractivity contribution in [3.63, 3.8) is 0 Å². The quantitative estimate of drug-likeness (QED) is 0.473. The van der Waals surface area contributed by atoms with Gasteiger partial charge >= 0.3 is 12.1 Å². The zero-order valence-electron chi connectivity index (χ0n) is 23.4. The van der Waals surface area contributed by atoms with Gasteiger partial charge in [0.05, 0.1) is 40.9 Å². The van der Waals surface area contributed by atoms with E-state index in [-0.39, 0.29) is 28.8 Å². The summed E-state index contributed by atoms with van der Waals surface area (Å²) in [6, 6.07) is 8.20. The second kappa shape index (κ2) is 12.1. The van der Waals surface area contributed by atoms with E-state index in [2.05, 4.69) is 21.1 Å². The highest BCUT2D eigenvalue weighted by molar-refractivity contribution is 7.91. The maximum absolute atomic E-state index is 12.5. The first-order valence-electron chi connectivity index (χ1n) is 13.2. The lowest BCUT2D eigenvalue weighted by Gasteiger charge is -2.25. The highest BCUT2D eigenvalue weighted by Crippen LogP contribution is 2.33. The predicted molar refractivity (Wildman–Crippen MR) is 154 cm³/mol. The average Bonchev–Trinajstić information content (AvgIpc) is 3.45. The number of hydrazone groups is 2. The molecule has 15 nitrogen and oxygen atoms in total. The Bertz CT molecular complexity index is 1720. The van der Waals surface area contributed by atoms with Gasteiger partial charge in [-0.05, 0) is 49.7 Å². The third-order valence-corrected chi connectivity index (χ3v) is 9.89. The number of carbonyl (C=O) groups excluding carboxylic acids is 2. The molecule has 0 bridgehead atoms. The molecular weight excluding hydrogens is 604 g/mol. The van der Waals surface area contributed by atoms with Crippen molar-refractivity contribution in [2.24, 2.45) is 10.2 Å². The molecule has 0 spiro atoms. The molecule has 4 amide bonds. The molecule has 43 heavy (non-hydrogen) atoms. The van der Waals surface area contributed by atoms with Gasteiger partial charge in [0, 0.05) is 12.5 Å². The Balaban J connectivity index is 0.000000171. The molecule has 4 heterocycles. The Morgan fingerprint density at radius 2 is 1.19 bits per heavy atom. The maximum atomic E-state index is 12.5. The first-order valence-corrected chi connectivity index (χ1v) is 16.5. The van der Waals surface area contributed by atoms with Gasteiger partial charge in [0.1, 0.15) is 30.7 Å². The topological polar surface area (TPSA) is 185 Å². The number of ether oxygens (including phenoxy) is 3. The van der Waals surface area contributed by atoms with Crippen LogP contribution in [0.1, 0.15) is 19.4 Å². The van der Waals surface area contributed by atoms with E-state index in [1.54, 1.807) is 32.0 Å². The summed E-state index contributed by atoms with van der Waals surface area (Å²) < 4.78 is 66.0. The standard InChI is InChI=1S/C13H15N3O5S.C13H15N3O4S/c1-9-7-16(13(17)15-14-9)8-22(18,19)10-2-3-11-12(6-10)21-5-4-20-11;1-9-7-16(13(17)15-14-9)8-21(18,19)11-2-3-12-10(6-11)4-5-20-12/h2-3,6H,4-5,7-8H2,1H3,(H,15,17);2-3,6H,4-5,7-8H2,1H3,(H,15,17). The van der Waals surface area contributed by atoms with Crippen LogP contribution in [0.3, 0.4) is 0 Å². The molecular formula is C26H30N6O9S2. The summed E-state index contributed by atoms with van der Waals surface area (Å²) in [6.07, 6.45) is 0.703. The number of rotatable bonds is 6. The number of amides is 4. The summed E-state index contributed by atoms with van der Waals surface area (Å²) >= 11 is 0.